The standard InChI is InChI=1S/C27H52O4/c1-3-5-7-9-11-12-13-14-15-17-19-21-23-29-27(30-24-26(28)25-31-27)22-20-18-16-10-8-6-4-2/h3-25H2,1-2H3. The summed E-state index contributed by atoms with van der Waals surface area (Å²) in [7, 11) is 0. The first-order valence-electron chi connectivity index (χ1n) is 13.7. The first-order chi connectivity index (χ1) is 15.2. The summed E-state index contributed by atoms with van der Waals surface area (Å²) in [6.45, 7) is 5.42. The molecule has 1 heterocycles. The van der Waals surface area contributed by atoms with E-state index in [-0.39, 0.29) is 19.0 Å². The monoisotopic (exact) mass is 440 g/mol. The maximum atomic E-state index is 11.5. The summed E-state index contributed by atoms with van der Waals surface area (Å²) >= 11 is 0. The number of ketones is 1. The lowest BCUT2D eigenvalue weighted by Gasteiger charge is -2.36. The van der Waals surface area contributed by atoms with Crippen molar-refractivity contribution in [3.63, 3.8) is 0 Å². The second-order valence-corrected chi connectivity index (χ2v) is 9.41. The molecule has 0 amide bonds. The number of Topliss-reactive ketones (excluding diaryl/α,β-unsaturated/α-hetero) is 1. The van der Waals surface area contributed by atoms with Gasteiger partial charge in [0.2, 0.25) is 0 Å². The topological polar surface area (TPSA) is 44.8 Å². The second kappa shape index (κ2) is 20.2. The van der Waals surface area contributed by atoms with E-state index in [1.165, 1.54) is 109 Å². The van der Waals surface area contributed by atoms with E-state index in [9.17, 15) is 4.79 Å². The van der Waals surface area contributed by atoms with Crippen molar-refractivity contribution in [2.75, 3.05) is 19.8 Å². The number of carbonyl (C=O) groups excluding carboxylic acids is 1. The predicted octanol–water partition coefficient (Wildman–Crippen LogP) is 8.11. The van der Waals surface area contributed by atoms with Crippen molar-refractivity contribution in [2.24, 2.45) is 0 Å². The summed E-state index contributed by atoms with van der Waals surface area (Å²) in [4.78, 5) is 11.5. The van der Waals surface area contributed by atoms with Crippen molar-refractivity contribution in [3.05, 3.63) is 0 Å². The molecule has 0 saturated carbocycles. The molecule has 1 saturated heterocycles. The van der Waals surface area contributed by atoms with Crippen LogP contribution in [0.5, 0.6) is 0 Å². The predicted molar refractivity (Wildman–Crippen MR) is 129 cm³/mol. The maximum absolute atomic E-state index is 11.5. The molecule has 0 bridgehead atoms. The van der Waals surface area contributed by atoms with Crippen LogP contribution in [-0.2, 0) is 19.0 Å². The summed E-state index contributed by atoms with van der Waals surface area (Å²) in [6.07, 6.45) is 25.4. The molecule has 1 fully saturated rings. The third-order valence-electron chi connectivity index (χ3n) is 6.31. The molecular weight excluding hydrogens is 388 g/mol. The lowest BCUT2D eigenvalue weighted by Crippen LogP contribution is -2.47. The number of hydrogen-bond acceptors (Lipinski definition) is 4. The summed E-state index contributed by atoms with van der Waals surface area (Å²) in [6, 6.07) is 0. The summed E-state index contributed by atoms with van der Waals surface area (Å²) in [5.74, 6) is -0.973. The highest BCUT2D eigenvalue weighted by atomic mass is 16.9. The van der Waals surface area contributed by atoms with Gasteiger partial charge < -0.3 is 14.2 Å². The summed E-state index contributed by atoms with van der Waals surface area (Å²) < 4.78 is 17.5. The molecule has 0 unspecified atom stereocenters. The van der Waals surface area contributed by atoms with E-state index in [0.29, 0.717) is 6.61 Å². The van der Waals surface area contributed by atoms with Crippen LogP contribution in [0, 0.1) is 0 Å². The van der Waals surface area contributed by atoms with Crippen molar-refractivity contribution < 1.29 is 19.0 Å². The first-order valence-corrected chi connectivity index (χ1v) is 13.7. The summed E-state index contributed by atoms with van der Waals surface area (Å²) in [5, 5.41) is 0. The maximum Gasteiger partial charge on any atom is 0.283 e. The zero-order valence-corrected chi connectivity index (χ0v) is 20.9. The van der Waals surface area contributed by atoms with Gasteiger partial charge in [-0.3, -0.25) is 4.79 Å². The Bertz CT molecular complexity index is 400. The highest BCUT2D eigenvalue weighted by Gasteiger charge is 2.37. The molecule has 4 heteroatoms. The van der Waals surface area contributed by atoms with Crippen molar-refractivity contribution in [1.82, 2.24) is 0 Å². The molecule has 0 atom stereocenters. The van der Waals surface area contributed by atoms with Gasteiger partial charge in [-0.15, -0.1) is 0 Å². The first kappa shape index (κ1) is 28.6. The van der Waals surface area contributed by atoms with Gasteiger partial charge in [-0.2, -0.15) is 0 Å². The van der Waals surface area contributed by atoms with E-state index < -0.39 is 5.97 Å². The van der Waals surface area contributed by atoms with Gasteiger partial charge in [-0.25, -0.2) is 0 Å². The molecule has 184 valence electrons. The van der Waals surface area contributed by atoms with E-state index in [1.807, 2.05) is 0 Å². The minimum Gasteiger partial charge on any atom is -0.327 e. The third kappa shape index (κ3) is 15.9. The third-order valence-corrected chi connectivity index (χ3v) is 6.31. The van der Waals surface area contributed by atoms with Gasteiger partial charge in [0.05, 0.1) is 6.61 Å². The van der Waals surface area contributed by atoms with Crippen LogP contribution >= 0.6 is 0 Å². The fraction of sp³-hybridized carbons (Fsp3) is 0.963. The molecule has 0 N–H and O–H groups in total. The fourth-order valence-electron chi connectivity index (χ4n) is 4.23. The molecule has 0 aromatic rings. The van der Waals surface area contributed by atoms with Gasteiger partial charge in [-0.05, 0) is 12.8 Å². The zero-order chi connectivity index (χ0) is 22.5. The van der Waals surface area contributed by atoms with Crippen molar-refractivity contribution in [1.29, 1.82) is 0 Å². The van der Waals surface area contributed by atoms with Crippen LogP contribution in [0.15, 0.2) is 0 Å². The minimum absolute atomic E-state index is 0.00385. The average molecular weight is 441 g/mol. The van der Waals surface area contributed by atoms with Crippen LogP contribution in [0.1, 0.15) is 142 Å². The van der Waals surface area contributed by atoms with E-state index in [2.05, 4.69) is 13.8 Å². The van der Waals surface area contributed by atoms with Crippen molar-refractivity contribution >= 4 is 5.78 Å². The largest absolute Gasteiger partial charge is 0.327 e. The molecule has 1 aliphatic heterocycles. The van der Waals surface area contributed by atoms with Crippen LogP contribution in [-0.4, -0.2) is 31.6 Å². The molecule has 0 aromatic carbocycles. The Morgan fingerprint density at radius 3 is 1.45 bits per heavy atom. The lowest BCUT2D eigenvalue weighted by molar-refractivity contribution is -0.389. The fourth-order valence-corrected chi connectivity index (χ4v) is 4.23. The van der Waals surface area contributed by atoms with Crippen LogP contribution < -0.4 is 0 Å². The lowest BCUT2D eigenvalue weighted by atomic mass is 10.1. The highest BCUT2D eigenvalue weighted by molar-refractivity contribution is 5.81. The quantitative estimate of drug-likeness (QED) is 0.159. The number of hydrogen-bond donors (Lipinski definition) is 0. The van der Waals surface area contributed by atoms with E-state index >= 15 is 0 Å². The SMILES string of the molecule is CCCCCCCCCCCCCCOC1(CCCCCCCCC)OCC(=O)CO1. The molecule has 0 aliphatic carbocycles. The van der Waals surface area contributed by atoms with Crippen LogP contribution in [0.4, 0.5) is 0 Å². The van der Waals surface area contributed by atoms with E-state index in [1.54, 1.807) is 0 Å². The van der Waals surface area contributed by atoms with E-state index in [0.717, 1.165) is 19.3 Å². The Morgan fingerprint density at radius 1 is 0.613 bits per heavy atom. The number of carbonyl (C=O) groups is 1. The van der Waals surface area contributed by atoms with Crippen LogP contribution in [0.2, 0.25) is 0 Å². The Hall–Kier alpha value is -0.450. The molecular formula is C27H52O4. The molecule has 0 spiro atoms. The summed E-state index contributed by atoms with van der Waals surface area (Å²) in [5.41, 5.74) is 0. The smallest absolute Gasteiger partial charge is 0.283 e. The number of rotatable bonds is 22. The Labute approximate surface area is 193 Å². The molecule has 0 radical (unpaired) electrons. The molecule has 4 nitrogen and oxygen atoms in total. The van der Waals surface area contributed by atoms with Gasteiger partial charge in [0, 0.05) is 6.42 Å². The van der Waals surface area contributed by atoms with Crippen molar-refractivity contribution in [3.8, 4) is 0 Å². The van der Waals surface area contributed by atoms with Crippen LogP contribution in [0.25, 0.3) is 0 Å². The molecule has 0 aromatic heterocycles. The molecule has 31 heavy (non-hydrogen) atoms. The van der Waals surface area contributed by atoms with Gasteiger partial charge in [-0.1, -0.05) is 123 Å². The second-order valence-electron chi connectivity index (χ2n) is 9.41. The van der Waals surface area contributed by atoms with Gasteiger partial charge >= 0.3 is 0 Å². The van der Waals surface area contributed by atoms with E-state index in [4.69, 9.17) is 14.2 Å². The van der Waals surface area contributed by atoms with Crippen molar-refractivity contribution in [2.45, 2.75) is 148 Å². The van der Waals surface area contributed by atoms with Gasteiger partial charge in [0.15, 0.2) is 5.78 Å². The Balaban J connectivity index is 2.05. The number of unbranched alkanes of at least 4 members (excludes halogenated alkanes) is 17. The van der Waals surface area contributed by atoms with Gasteiger partial charge in [0.1, 0.15) is 13.2 Å². The minimum atomic E-state index is -0.977. The molecule has 1 rings (SSSR count). The normalized spacial score (nSPS) is 16.1. The highest BCUT2D eigenvalue weighted by Crippen LogP contribution is 2.27. The zero-order valence-electron chi connectivity index (χ0n) is 20.9. The van der Waals surface area contributed by atoms with Gasteiger partial charge in [0.25, 0.3) is 5.97 Å². The number of ether oxygens (including phenoxy) is 3. The molecule has 1 aliphatic rings. The Kier molecular flexibility index (Phi) is 18.6. The Morgan fingerprint density at radius 2 is 1.00 bits per heavy atom. The van der Waals surface area contributed by atoms with Crippen LogP contribution in [0.3, 0.4) is 0 Å². The average Bonchev–Trinajstić information content (AvgIpc) is 2.78.